The van der Waals surface area contributed by atoms with E-state index in [0.717, 1.165) is 101 Å². The fraction of sp³-hybridized carbons (Fsp3) is 0.611. The van der Waals surface area contributed by atoms with Crippen LogP contribution in [0.3, 0.4) is 0 Å². The van der Waals surface area contributed by atoms with Crippen molar-refractivity contribution in [2.24, 2.45) is 11.8 Å². The van der Waals surface area contributed by atoms with Gasteiger partial charge in [-0.2, -0.15) is 0 Å². The number of hydrogen-bond acceptors (Lipinski definition) is 6. The number of ether oxygens (including phenoxy) is 2. The number of nitrogens with zero attached hydrogens (tertiary/aromatic N) is 1. The molecule has 0 bridgehead atoms. The van der Waals surface area contributed by atoms with Gasteiger partial charge in [0.05, 0.1) is 5.92 Å². The third kappa shape index (κ3) is 8.15. The highest BCUT2D eigenvalue weighted by Crippen LogP contribution is 2.41. The van der Waals surface area contributed by atoms with Crippen molar-refractivity contribution in [3.8, 4) is 0 Å². The molecule has 4 rings (SSSR count). The number of piperidine rings is 2. The highest BCUT2D eigenvalue weighted by molar-refractivity contribution is 5.73. The van der Waals surface area contributed by atoms with Crippen LogP contribution in [-0.2, 0) is 30.3 Å². The van der Waals surface area contributed by atoms with Crippen LogP contribution in [0.15, 0.2) is 54.6 Å². The Balaban J connectivity index is 1.50. The summed E-state index contributed by atoms with van der Waals surface area (Å²) in [6, 6.07) is 18.8. The lowest BCUT2D eigenvalue weighted by molar-refractivity contribution is -0.169. The lowest BCUT2D eigenvalue weighted by Gasteiger charge is -2.43. The molecule has 0 aromatic heterocycles. The Labute approximate surface area is 253 Å². The number of rotatable bonds is 13. The van der Waals surface area contributed by atoms with E-state index in [1.54, 1.807) is 0 Å². The average molecular weight is 577 g/mol. The normalized spacial score (nSPS) is 18.8. The van der Waals surface area contributed by atoms with Crippen LogP contribution < -0.4 is 10.2 Å². The first-order valence-corrected chi connectivity index (χ1v) is 16.3. The monoisotopic (exact) mass is 576 g/mol. The van der Waals surface area contributed by atoms with Crippen LogP contribution in [0.5, 0.6) is 0 Å². The van der Waals surface area contributed by atoms with Crippen LogP contribution in [0.4, 0.5) is 5.69 Å². The first-order valence-electron chi connectivity index (χ1n) is 16.3. The summed E-state index contributed by atoms with van der Waals surface area (Å²) < 4.78 is 12.7. The van der Waals surface area contributed by atoms with Gasteiger partial charge in [0.2, 0.25) is 0 Å². The number of benzene rings is 2. The number of unbranched alkanes of at least 4 members (excludes halogenated alkanes) is 1. The van der Waals surface area contributed by atoms with Crippen molar-refractivity contribution in [3.63, 3.8) is 0 Å². The van der Waals surface area contributed by atoms with Crippen molar-refractivity contribution >= 4 is 17.6 Å². The quantitative estimate of drug-likeness (QED) is 0.249. The largest absolute Gasteiger partial charge is 0.454 e. The maximum absolute atomic E-state index is 13.2. The summed E-state index contributed by atoms with van der Waals surface area (Å²) in [4.78, 5) is 28.6. The first kappa shape index (κ1) is 32.1. The van der Waals surface area contributed by atoms with Gasteiger partial charge in [0.15, 0.2) is 0 Å². The third-order valence-corrected chi connectivity index (χ3v) is 9.18. The van der Waals surface area contributed by atoms with Crippen LogP contribution in [0.1, 0.15) is 103 Å². The number of carbonyl (C=O) groups excluding carboxylic acids is 2. The zero-order chi connectivity index (χ0) is 30.0. The second-order valence-corrected chi connectivity index (χ2v) is 12.9. The van der Waals surface area contributed by atoms with Crippen molar-refractivity contribution in [2.45, 2.75) is 103 Å². The summed E-state index contributed by atoms with van der Waals surface area (Å²) in [7, 11) is 0. The lowest BCUT2D eigenvalue weighted by Crippen LogP contribution is -2.46. The summed E-state index contributed by atoms with van der Waals surface area (Å²) in [5.41, 5.74) is 2.08. The molecule has 2 aliphatic rings. The molecule has 6 nitrogen and oxygen atoms in total. The maximum Gasteiger partial charge on any atom is 0.309 e. The smallest absolute Gasteiger partial charge is 0.309 e. The molecule has 2 fully saturated rings. The Morgan fingerprint density at radius 3 is 2.17 bits per heavy atom. The molecule has 2 heterocycles. The molecule has 6 heteroatoms. The van der Waals surface area contributed by atoms with E-state index in [4.69, 9.17) is 9.47 Å². The van der Waals surface area contributed by atoms with E-state index in [2.05, 4.69) is 67.4 Å². The minimum absolute atomic E-state index is 0.0918. The Morgan fingerprint density at radius 1 is 0.833 bits per heavy atom. The minimum Gasteiger partial charge on any atom is -0.454 e. The second-order valence-electron chi connectivity index (χ2n) is 12.9. The van der Waals surface area contributed by atoms with Gasteiger partial charge < -0.3 is 19.7 Å². The molecule has 2 saturated heterocycles. The van der Waals surface area contributed by atoms with Gasteiger partial charge in [-0.05, 0) is 55.1 Å². The lowest BCUT2D eigenvalue weighted by atomic mass is 9.82. The van der Waals surface area contributed by atoms with Gasteiger partial charge in [0, 0.05) is 50.9 Å². The van der Waals surface area contributed by atoms with E-state index >= 15 is 0 Å². The Kier molecular flexibility index (Phi) is 11.5. The summed E-state index contributed by atoms with van der Waals surface area (Å²) in [6.45, 7) is 11.7. The Morgan fingerprint density at radius 2 is 1.50 bits per heavy atom. The van der Waals surface area contributed by atoms with Crippen molar-refractivity contribution in [3.05, 3.63) is 65.7 Å². The summed E-state index contributed by atoms with van der Waals surface area (Å²) in [5.74, 6) is 0.296. The molecular weight excluding hydrogens is 524 g/mol. The highest BCUT2D eigenvalue weighted by Gasteiger charge is 2.42. The van der Waals surface area contributed by atoms with Gasteiger partial charge in [-0.15, -0.1) is 0 Å². The Bertz CT molecular complexity index is 1130. The van der Waals surface area contributed by atoms with E-state index < -0.39 is 11.2 Å². The topological polar surface area (TPSA) is 67.9 Å². The van der Waals surface area contributed by atoms with Gasteiger partial charge in [0.1, 0.15) is 11.2 Å². The molecule has 0 aliphatic carbocycles. The predicted molar refractivity (Wildman–Crippen MR) is 169 cm³/mol. The van der Waals surface area contributed by atoms with Gasteiger partial charge in [-0.3, -0.25) is 9.59 Å². The molecule has 0 spiro atoms. The molecule has 0 radical (unpaired) electrons. The van der Waals surface area contributed by atoms with Crippen LogP contribution in [0.2, 0.25) is 0 Å². The number of nitrogens with one attached hydrogen (secondary N) is 1. The zero-order valence-corrected chi connectivity index (χ0v) is 26.3. The standard InChI is InChI=1S/C36H52N2O4/c1-5-6-13-29(4)34(40)42-36(30-14-8-7-9-15-30)21-25-38(26-22-36)32-17-11-16-31(27-32)35(19-23-37-24-20-35)41-33(39)18-10-12-28(2)3/h7-9,11,14-17,27-29,37H,5-6,10,12-13,18-26H2,1-4H3. The molecule has 0 saturated carbocycles. The number of hydrogen-bond donors (Lipinski definition) is 1. The van der Waals surface area contributed by atoms with Crippen molar-refractivity contribution in [2.75, 3.05) is 31.1 Å². The van der Waals surface area contributed by atoms with Gasteiger partial charge in [0.25, 0.3) is 0 Å². The van der Waals surface area contributed by atoms with Crippen LogP contribution >= 0.6 is 0 Å². The molecular formula is C36H52N2O4. The maximum atomic E-state index is 13.2. The fourth-order valence-corrected chi connectivity index (χ4v) is 6.43. The molecule has 230 valence electrons. The number of carbonyl (C=O) groups is 2. The highest BCUT2D eigenvalue weighted by atomic mass is 16.6. The second kappa shape index (κ2) is 15.0. The van der Waals surface area contributed by atoms with Crippen LogP contribution in [0, 0.1) is 11.8 Å². The average Bonchev–Trinajstić information content (AvgIpc) is 3.01. The molecule has 1 N–H and O–H groups in total. The van der Waals surface area contributed by atoms with Crippen molar-refractivity contribution in [1.82, 2.24) is 5.32 Å². The Hall–Kier alpha value is -2.86. The van der Waals surface area contributed by atoms with E-state index in [0.29, 0.717) is 12.3 Å². The molecule has 1 unspecified atom stereocenters. The minimum atomic E-state index is -0.616. The summed E-state index contributed by atoms with van der Waals surface area (Å²) >= 11 is 0. The van der Waals surface area contributed by atoms with E-state index in [1.807, 2.05) is 25.1 Å². The molecule has 2 aromatic rings. The van der Waals surface area contributed by atoms with Crippen LogP contribution in [0.25, 0.3) is 0 Å². The molecule has 2 aliphatic heterocycles. The molecule has 42 heavy (non-hydrogen) atoms. The first-order chi connectivity index (χ1) is 20.3. The third-order valence-electron chi connectivity index (χ3n) is 9.18. The summed E-state index contributed by atoms with van der Waals surface area (Å²) in [5, 5.41) is 3.43. The van der Waals surface area contributed by atoms with Gasteiger partial charge in [-0.25, -0.2) is 0 Å². The molecule has 2 aromatic carbocycles. The predicted octanol–water partition coefficient (Wildman–Crippen LogP) is 7.50. The van der Waals surface area contributed by atoms with Gasteiger partial charge in [-0.1, -0.05) is 89.4 Å². The van der Waals surface area contributed by atoms with E-state index in [-0.39, 0.29) is 17.9 Å². The SMILES string of the molecule is CCCCC(C)C(=O)OC1(c2ccccc2)CCN(c2cccc(C3(OC(=O)CCCC(C)C)CCNCC3)c2)CC1. The summed E-state index contributed by atoms with van der Waals surface area (Å²) in [6.07, 6.45) is 8.34. The number of esters is 2. The zero-order valence-electron chi connectivity index (χ0n) is 26.3. The molecule has 0 amide bonds. The van der Waals surface area contributed by atoms with Crippen LogP contribution in [-0.4, -0.2) is 38.1 Å². The molecule has 1 atom stereocenters. The fourth-order valence-electron chi connectivity index (χ4n) is 6.43. The number of anilines is 1. The van der Waals surface area contributed by atoms with Crippen molar-refractivity contribution < 1.29 is 19.1 Å². The van der Waals surface area contributed by atoms with E-state index in [1.165, 1.54) is 0 Å². The van der Waals surface area contributed by atoms with Crippen molar-refractivity contribution in [1.29, 1.82) is 0 Å². The van der Waals surface area contributed by atoms with Gasteiger partial charge >= 0.3 is 11.9 Å². The van der Waals surface area contributed by atoms with E-state index in [9.17, 15) is 9.59 Å².